The number of carbonyl (C=O) groups excluding carboxylic acids is 1. The number of hydrogen-bond donors (Lipinski definition) is 1. The van der Waals surface area contributed by atoms with Crippen molar-refractivity contribution < 1.29 is 14.5 Å². The van der Waals surface area contributed by atoms with Gasteiger partial charge in [0.25, 0.3) is 11.6 Å². The number of benzene rings is 2. The molecule has 0 heterocycles. The van der Waals surface area contributed by atoms with Crippen LogP contribution < -0.4 is 10.1 Å². The quantitative estimate of drug-likeness (QED) is 0.296. The number of nitro groups is 1. The van der Waals surface area contributed by atoms with Crippen molar-refractivity contribution in [1.29, 1.82) is 5.26 Å². The zero-order valence-electron chi connectivity index (χ0n) is 15.3. The Morgan fingerprint density at radius 2 is 2.11 bits per heavy atom. The Bertz CT molecular complexity index is 964. The minimum absolute atomic E-state index is 0.00404. The number of carbonyl (C=O) groups is 1. The minimum Gasteiger partial charge on any atom is -0.488 e. The van der Waals surface area contributed by atoms with E-state index in [1.54, 1.807) is 30.3 Å². The summed E-state index contributed by atoms with van der Waals surface area (Å²) in [5, 5.41) is 22.7. The molecule has 0 bridgehead atoms. The molecule has 2 rings (SSSR count). The van der Waals surface area contributed by atoms with Crippen molar-refractivity contribution in [2.75, 3.05) is 0 Å². The summed E-state index contributed by atoms with van der Waals surface area (Å²) in [6, 6.07) is 13.2. The molecule has 0 spiro atoms. The topological polar surface area (TPSA) is 105 Å². The maximum atomic E-state index is 12.0. The minimum atomic E-state index is -0.456. The van der Waals surface area contributed by atoms with Crippen LogP contribution in [0.4, 0.5) is 5.69 Å². The SMILES string of the molecule is CC(C)NC(=O)/C(C#N)=C\c1ccc(OCc2cccc([N+](=O)[O-])c2)c(Br)c1. The third-order valence-electron chi connectivity index (χ3n) is 3.57. The van der Waals surface area contributed by atoms with E-state index in [1.807, 2.05) is 19.9 Å². The van der Waals surface area contributed by atoms with Crippen molar-refractivity contribution >= 4 is 33.6 Å². The van der Waals surface area contributed by atoms with Gasteiger partial charge >= 0.3 is 0 Å². The van der Waals surface area contributed by atoms with Crippen molar-refractivity contribution in [3.8, 4) is 11.8 Å². The number of nitro benzene ring substituents is 1. The third kappa shape index (κ3) is 5.93. The fourth-order valence-electron chi connectivity index (χ4n) is 2.30. The van der Waals surface area contributed by atoms with Crippen LogP contribution >= 0.6 is 15.9 Å². The molecular formula is C20H18BrN3O4. The van der Waals surface area contributed by atoms with Gasteiger partial charge in [-0.2, -0.15) is 5.26 Å². The smallest absolute Gasteiger partial charge is 0.269 e. The van der Waals surface area contributed by atoms with Crippen LogP contribution in [0.2, 0.25) is 0 Å². The molecule has 144 valence electrons. The van der Waals surface area contributed by atoms with E-state index in [-0.39, 0.29) is 23.9 Å². The highest BCUT2D eigenvalue weighted by Gasteiger charge is 2.11. The summed E-state index contributed by atoms with van der Waals surface area (Å²) in [5.74, 6) is 0.105. The van der Waals surface area contributed by atoms with Crippen LogP contribution in [-0.2, 0) is 11.4 Å². The number of hydrogen-bond acceptors (Lipinski definition) is 5. The lowest BCUT2D eigenvalue weighted by molar-refractivity contribution is -0.384. The predicted molar refractivity (Wildman–Crippen MR) is 108 cm³/mol. The van der Waals surface area contributed by atoms with Gasteiger partial charge in [0.05, 0.1) is 9.40 Å². The standard InChI is InChI=1S/C20H18BrN3O4/c1-13(2)23-20(25)16(11-22)8-14-6-7-19(18(21)10-14)28-12-15-4-3-5-17(9-15)24(26)27/h3-10,13H,12H2,1-2H3,(H,23,25)/b16-8-. The molecule has 8 heteroatoms. The first-order valence-corrected chi connectivity index (χ1v) is 9.17. The number of nitriles is 1. The molecule has 1 N–H and O–H groups in total. The van der Waals surface area contributed by atoms with E-state index in [0.717, 1.165) is 0 Å². The lowest BCUT2D eigenvalue weighted by Gasteiger charge is -2.10. The van der Waals surface area contributed by atoms with E-state index in [9.17, 15) is 20.2 Å². The summed E-state index contributed by atoms with van der Waals surface area (Å²) < 4.78 is 6.34. The second-order valence-corrected chi connectivity index (χ2v) is 7.06. The monoisotopic (exact) mass is 443 g/mol. The Hall–Kier alpha value is -3.18. The number of halogens is 1. The molecular weight excluding hydrogens is 426 g/mol. The molecule has 0 aliphatic rings. The van der Waals surface area contributed by atoms with Crippen LogP contribution in [-0.4, -0.2) is 16.9 Å². The number of amides is 1. The van der Waals surface area contributed by atoms with E-state index < -0.39 is 10.8 Å². The van der Waals surface area contributed by atoms with Gasteiger partial charge in [-0.15, -0.1) is 0 Å². The van der Waals surface area contributed by atoms with E-state index in [1.165, 1.54) is 18.2 Å². The first kappa shape index (κ1) is 21.1. The number of nitrogens with one attached hydrogen (secondary N) is 1. The number of rotatable bonds is 7. The third-order valence-corrected chi connectivity index (χ3v) is 4.19. The summed E-state index contributed by atoms with van der Waals surface area (Å²) >= 11 is 3.40. The van der Waals surface area contributed by atoms with Crippen molar-refractivity contribution in [2.24, 2.45) is 0 Å². The van der Waals surface area contributed by atoms with E-state index in [4.69, 9.17) is 4.74 Å². The summed E-state index contributed by atoms with van der Waals surface area (Å²) in [4.78, 5) is 22.4. The first-order chi connectivity index (χ1) is 13.3. The molecule has 28 heavy (non-hydrogen) atoms. The Morgan fingerprint density at radius 1 is 1.36 bits per heavy atom. The van der Waals surface area contributed by atoms with Crippen LogP contribution in [0.15, 0.2) is 52.5 Å². The molecule has 0 unspecified atom stereocenters. The average molecular weight is 444 g/mol. The van der Waals surface area contributed by atoms with Crippen molar-refractivity contribution in [2.45, 2.75) is 26.5 Å². The molecule has 0 aromatic heterocycles. The zero-order chi connectivity index (χ0) is 20.7. The molecule has 0 aliphatic heterocycles. The highest BCUT2D eigenvalue weighted by molar-refractivity contribution is 9.10. The van der Waals surface area contributed by atoms with E-state index in [2.05, 4.69) is 21.2 Å². The lowest BCUT2D eigenvalue weighted by atomic mass is 10.1. The summed E-state index contributed by atoms with van der Waals surface area (Å²) in [7, 11) is 0. The van der Waals surface area contributed by atoms with Crippen LogP contribution in [0.25, 0.3) is 6.08 Å². The van der Waals surface area contributed by atoms with Gasteiger partial charge in [-0.05, 0) is 59.1 Å². The predicted octanol–water partition coefficient (Wildman–Crippen LogP) is 4.37. The fraction of sp³-hybridized carbons (Fsp3) is 0.200. The van der Waals surface area contributed by atoms with Gasteiger partial charge in [-0.25, -0.2) is 0 Å². The van der Waals surface area contributed by atoms with Gasteiger partial charge in [0.15, 0.2) is 0 Å². The van der Waals surface area contributed by atoms with E-state index in [0.29, 0.717) is 21.3 Å². The molecule has 1 amide bonds. The lowest BCUT2D eigenvalue weighted by Crippen LogP contribution is -2.30. The first-order valence-electron chi connectivity index (χ1n) is 8.38. The second-order valence-electron chi connectivity index (χ2n) is 6.20. The second kappa shape index (κ2) is 9.67. The molecule has 2 aromatic carbocycles. The molecule has 0 saturated carbocycles. The van der Waals surface area contributed by atoms with Gasteiger partial charge < -0.3 is 10.1 Å². The normalized spacial score (nSPS) is 11.0. The summed E-state index contributed by atoms with van der Waals surface area (Å²) in [6.45, 7) is 3.80. The number of non-ortho nitro benzene ring substituents is 1. The maximum Gasteiger partial charge on any atom is 0.269 e. The van der Waals surface area contributed by atoms with Crippen molar-refractivity contribution in [3.63, 3.8) is 0 Å². The van der Waals surface area contributed by atoms with Crippen LogP contribution in [0, 0.1) is 21.4 Å². The van der Waals surface area contributed by atoms with Crippen molar-refractivity contribution in [3.05, 3.63) is 73.8 Å². The number of ether oxygens (including phenoxy) is 1. The summed E-state index contributed by atoms with van der Waals surface area (Å²) in [5.41, 5.74) is 1.34. The van der Waals surface area contributed by atoms with E-state index >= 15 is 0 Å². The molecule has 0 atom stereocenters. The molecule has 2 aromatic rings. The molecule has 7 nitrogen and oxygen atoms in total. The van der Waals surface area contributed by atoms with Crippen LogP contribution in [0.3, 0.4) is 0 Å². The molecule has 0 fully saturated rings. The zero-order valence-corrected chi connectivity index (χ0v) is 16.9. The van der Waals surface area contributed by atoms with Gasteiger partial charge in [0.1, 0.15) is 24.0 Å². The Morgan fingerprint density at radius 3 is 2.71 bits per heavy atom. The molecule has 0 aliphatic carbocycles. The largest absolute Gasteiger partial charge is 0.488 e. The Kier molecular flexibility index (Phi) is 7.29. The van der Waals surface area contributed by atoms with Crippen LogP contribution in [0.5, 0.6) is 5.75 Å². The highest BCUT2D eigenvalue weighted by atomic mass is 79.9. The Balaban J connectivity index is 2.13. The van der Waals surface area contributed by atoms with Gasteiger partial charge in [-0.3, -0.25) is 14.9 Å². The highest BCUT2D eigenvalue weighted by Crippen LogP contribution is 2.28. The number of nitrogens with zero attached hydrogens (tertiary/aromatic N) is 2. The molecule has 0 radical (unpaired) electrons. The fourth-order valence-corrected chi connectivity index (χ4v) is 2.81. The van der Waals surface area contributed by atoms with Crippen molar-refractivity contribution in [1.82, 2.24) is 5.32 Å². The summed E-state index contributed by atoms with van der Waals surface area (Å²) in [6.07, 6.45) is 1.49. The average Bonchev–Trinajstić information content (AvgIpc) is 2.65. The van der Waals surface area contributed by atoms with Gasteiger partial charge in [0, 0.05) is 18.2 Å². The van der Waals surface area contributed by atoms with Crippen LogP contribution in [0.1, 0.15) is 25.0 Å². The van der Waals surface area contributed by atoms with Gasteiger partial charge in [-0.1, -0.05) is 18.2 Å². The molecule has 0 saturated heterocycles. The Labute approximate surface area is 170 Å². The maximum absolute atomic E-state index is 12.0. The van der Waals surface area contributed by atoms with Gasteiger partial charge in [0.2, 0.25) is 0 Å².